The summed E-state index contributed by atoms with van der Waals surface area (Å²) in [6.07, 6.45) is 0.995. The summed E-state index contributed by atoms with van der Waals surface area (Å²) >= 11 is 0. The van der Waals surface area contributed by atoms with E-state index in [0.29, 0.717) is 0 Å². The van der Waals surface area contributed by atoms with Gasteiger partial charge in [0.2, 0.25) is 0 Å². The second kappa shape index (κ2) is 8.94. The highest BCUT2D eigenvalue weighted by molar-refractivity contribution is 6.06. The Morgan fingerprint density at radius 2 is 1.86 bits per heavy atom. The molecule has 35 heavy (non-hydrogen) atoms. The lowest BCUT2D eigenvalue weighted by atomic mass is 10.0. The molecular formula is C28H37N5O2. The molecule has 0 N–H and O–H groups in total. The van der Waals surface area contributed by atoms with Crippen LogP contribution in [0.3, 0.4) is 0 Å². The zero-order valence-electron chi connectivity index (χ0n) is 21.9. The van der Waals surface area contributed by atoms with Crippen molar-refractivity contribution < 1.29 is 9.53 Å². The van der Waals surface area contributed by atoms with Gasteiger partial charge in [0.15, 0.2) is 5.65 Å². The van der Waals surface area contributed by atoms with Gasteiger partial charge >= 0.3 is 0 Å². The zero-order chi connectivity index (χ0) is 24.9. The van der Waals surface area contributed by atoms with Gasteiger partial charge in [-0.25, -0.2) is 9.67 Å². The average molecular weight is 476 g/mol. The van der Waals surface area contributed by atoms with E-state index in [4.69, 9.17) is 14.8 Å². The van der Waals surface area contributed by atoms with E-state index in [9.17, 15) is 4.79 Å². The number of hydrogen-bond donors (Lipinski definition) is 0. The van der Waals surface area contributed by atoms with Gasteiger partial charge < -0.3 is 9.64 Å². The first-order valence-corrected chi connectivity index (χ1v) is 12.8. The third kappa shape index (κ3) is 4.54. The number of rotatable bonds is 4. The number of nitrogens with zero attached hydrogens (tertiary/aromatic N) is 5. The van der Waals surface area contributed by atoms with Crippen LogP contribution in [0.5, 0.6) is 5.75 Å². The van der Waals surface area contributed by atoms with Gasteiger partial charge in [-0.05, 0) is 56.9 Å². The molecule has 0 saturated carbocycles. The molecule has 0 bridgehead atoms. The third-order valence-corrected chi connectivity index (χ3v) is 7.11. The second-order valence-corrected chi connectivity index (χ2v) is 11.2. The van der Waals surface area contributed by atoms with Crippen molar-refractivity contribution in [2.45, 2.75) is 66.0 Å². The molecule has 1 saturated heterocycles. The topological polar surface area (TPSA) is 63.5 Å². The van der Waals surface area contributed by atoms with Gasteiger partial charge in [0.25, 0.3) is 5.91 Å². The van der Waals surface area contributed by atoms with Crippen molar-refractivity contribution in [3.63, 3.8) is 0 Å². The molecule has 1 aromatic carbocycles. The molecule has 2 aliphatic rings. The van der Waals surface area contributed by atoms with Crippen LogP contribution in [0.2, 0.25) is 0 Å². The zero-order valence-corrected chi connectivity index (χ0v) is 21.9. The number of aromatic nitrogens is 3. The second-order valence-electron chi connectivity index (χ2n) is 11.2. The lowest BCUT2D eigenvalue weighted by Crippen LogP contribution is -2.48. The van der Waals surface area contributed by atoms with Crippen LogP contribution >= 0.6 is 0 Å². The Labute approximate surface area is 208 Å². The van der Waals surface area contributed by atoms with Gasteiger partial charge in [-0.1, -0.05) is 26.0 Å². The Morgan fingerprint density at radius 3 is 2.54 bits per heavy atom. The number of amides is 1. The van der Waals surface area contributed by atoms with Gasteiger partial charge in [0.05, 0.1) is 28.8 Å². The van der Waals surface area contributed by atoms with Gasteiger partial charge in [-0.15, -0.1) is 0 Å². The first-order chi connectivity index (χ1) is 16.6. The van der Waals surface area contributed by atoms with E-state index >= 15 is 0 Å². The first-order valence-electron chi connectivity index (χ1n) is 12.8. The van der Waals surface area contributed by atoms with Crippen molar-refractivity contribution in [3.8, 4) is 5.75 Å². The van der Waals surface area contributed by atoms with E-state index in [1.807, 2.05) is 22.6 Å². The molecule has 4 heterocycles. The number of carbonyl (C=O) groups is 1. The van der Waals surface area contributed by atoms with Crippen LogP contribution in [0.15, 0.2) is 24.3 Å². The van der Waals surface area contributed by atoms with Crippen molar-refractivity contribution in [1.29, 1.82) is 0 Å². The SMILES string of the molecule is Cc1nn(C(C)(C)C)c2nc(C(C)C)cc(C(=O)N3CCN(Cc4ccc5c(c4)CCO5)CC3)c12. The molecule has 0 atom stereocenters. The maximum atomic E-state index is 13.8. The molecule has 2 aromatic heterocycles. The van der Waals surface area contributed by atoms with Crippen LogP contribution in [0.4, 0.5) is 0 Å². The molecule has 0 aliphatic carbocycles. The lowest BCUT2D eigenvalue weighted by molar-refractivity contribution is 0.0630. The largest absolute Gasteiger partial charge is 0.493 e. The lowest BCUT2D eigenvalue weighted by Gasteiger charge is -2.35. The minimum atomic E-state index is -0.218. The standard InChI is InChI=1S/C28H37N5O2/c1-18(2)23-16-22(25-19(3)30-33(26(25)29-23)28(4,5)6)27(34)32-12-10-31(11-13-32)17-20-7-8-24-21(15-20)9-14-35-24/h7-8,15-16,18H,9-14,17H2,1-6H3. The van der Waals surface area contributed by atoms with Crippen molar-refractivity contribution in [2.75, 3.05) is 32.8 Å². The monoisotopic (exact) mass is 475 g/mol. The van der Waals surface area contributed by atoms with Crippen LogP contribution in [0.1, 0.15) is 73.4 Å². The third-order valence-electron chi connectivity index (χ3n) is 7.11. The number of ether oxygens (including phenoxy) is 1. The normalized spacial score (nSPS) is 16.7. The number of piperazine rings is 1. The van der Waals surface area contributed by atoms with E-state index in [1.54, 1.807) is 0 Å². The summed E-state index contributed by atoms with van der Waals surface area (Å²) in [5.41, 5.74) is 5.75. The molecular weight excluding hydrogens is 438 g/mol. The summed E-state index contributed by atoms with van der Waals surface area (Å²) in [7, 11) is 0. The molecule has 7 nitrogen and oxygen atoms in total. The van der Waals surface area contributed by atoms with Crippen LogP contribution in [-0.4, -0.2) is 63.3 Å². The number of aryl methyl sites for hydroxylation is 1. The first kappa shape index (κ1) is 23.8. The number of hydrogen-bond acceptors (Lipinski definition) is 5. The van der Waals surface area contributed by atoms with Gasteiger partial charge in [-0.3, -0.25) is 9.69 Å². The summed E-state index contributed by atoms with van der Waals surface area (Å²) in [4.78, 5) is 23.2. The quantitative estimate of drug-likeness (QED) is 0.556. The summed E-state index contributed by atoms with van der Waals surface area (Å²) in [6.45, 7) is 17.5. The molecule has 3 aromatic rings. The maximum absolute atomic E-state index is 13.8. The van der Waals surface area contributed by atoms with Gasteiger partial charge in [0, 0.05) is 44.8 Å². The Kier molecular flexibility index (Phi) is 6.08. The Hall–Kier alpha value is -2.93. The van der Waals surface area contributed by atoms with Crippen molar-refractivity contribution in [3.05, 3.63) is 52.3 Å². The number of carbonyl (C=O) groups excluding carboxylic acids is 1. The fourth-order valence-corrected chi connectivity index (χ4v) is 5.12. The highest BCUT2D eigenvalue weighted by Crippen LogP contribution is 2.30. The Morgan fingerprint density at radius 1 is 1.11 bits per heavy atom. The highest BCUT2D eigenvalue weighted by atomic mass is 16.5. The van der Waals surface area contributed by atoms with Crippen molar-refractivity contribution in [1.82, 2.24) is 24.6 Å². The molecule has 0 unspecified atom stereocenters. The van der Waals surface area contributed by atoms with Crippen LogP contribution in [0.25, 0.3) is 11.0 Å². The minimum Gasteiger partial charge on any atom is -0.493 e. The van der Waals surface area contributed by atoms with E-state index in [1.165, 1.54) is 11.1 Å². The van der Waals surface area contributed by atoms with Gasteiger partial charge in [-0.2, -0.15) is 5.10 Å². The molecule has 5 rings (SSSR count). The summed E-state index contributed by atoms with van der Waals surface area (Å²) < 4.78 is 7.61. The predicted molar refractivity (Wildman–Crippen MR) is 138 cm³/mol. The molecule has 7 heteroatoms. The van der Waals surface area contributed by atoms with Crippen LogP contribution in [0, 0.1) is 6.92 Å². The minimum absolute atomic E-state index is 0.0881. The van der Waals surface area contributed by atoms with Crippen molar-refractivity contribution >= 4 is 16.9 Å². The van der Waals surface area contributed by atoms with Crippen LogP contribution < -0.4 is 4.74 Å². The number of fused-ring (bicyclic) bond motifs is 2. The Balaban J connectivity index is 1.36. The summed E-state index contributed by atoms with van der Waals surface area (Å²) in [5.74, 6) is 1.34. The summed E-state index contributed by atoms with van der Waals surface area (Å²) in [6, 6.07) is 8.53. The number of benzene rings is 1. The molecule has 186 valence electrons. The fourth-order valence-electron chi connectivity index (χ4n) is 5.12. The molecule has 1 amide bonds. The van der Waals surface area contributed by atoms with E-state index < -0.39 is 0 Å². The van der Waals surface area contributed by atoms with Crippen LogP contribution in [-0.2, 0) is 18.5 Å². The molecule has 0 radical (unpaired) electrons. The van der Waals surface area contributed by atoms with E-state index in [2.05, 4.69) is 57.7 Å². The molecule has 2 aliphatic heterocycles. The average Bonchev–Trinajstić information content (AvgIpc) is 3.42. The van der Waals surface area contributed by atoms with Gasteiger partial charge in [0.1, 0.15) is 5.75 Å². The van der Waals surface area contributed by atoms with E-state index in [0.717, 1.165) is 79.5 Å². The molecule has 1 fully saturated rings. The molecule has 0 spiro atoms. The number of pyridine rings is 1. The fraction of sp³-hybridized carbons (Fsp3) is 0.536. The van der Waals surface area contributed by atoms with Crippen molar-refractivity contribution in [2.24, 2.45) is 0 Å². The Bertz CT molecular complexity index is 1260. The predicted octanol–water partition coefficient (Wildman–Crippen LogP) is 4.51. The maximum Gasteiger partial charge on any atom is 0.254 e. The van der Waals surface area contributed by atoms with E-state index in [-0.39, 0.29) is 17.4 Å². The summed E-state index contributed by atoms with van der Waals surface area (Å²) in [5, 5.41) is 5.69. The highest BCUT2D eigenvalue weighted by Gasteiger charge is 2.29. The smallest absolute Gasteiger partial charge is 0.254 e.